The van der Waals surface area contributed by atoms with Gasteiger partial charge in [-0.05, 0) is 37.0 Å². The summed E-state index contributed by atoms with van der Waals surface area (Å²) < 4.78 is 0. The molecule has 0 spiro atoms. The van der Waals surface area contributed by atoms with Gasteiger partial charge in [0.15, 0.2) is 11.6 Å². The van der Waals surface area contributed by atoms with E-state index in [1.807, 2.05) is 30.4 Å². The average Bonchev–Trinajstić information content (AvgIpc) is 2.70. The number of hydrogen-bond donors (Lipinski definition) is 1. The van der Waals surface area contributed by atoms with Crippen molar-refractivity contribution >= 4 is 17.5 Å². The summed E-state index contributed by atoms with van der Waals surface area (Å²) in [6.07, 6.45) is 8.46. The number of nitrogens with one attached hydrogen (secondary N) is 1. The standard InChI is InChI=1S/C22H20N2O3/c1-14-19(13-17-5-2-3-6-18(17)20(14)25)21(26)15-7-9-16(10-8-15)22(27)24-12-4-11-23/h2-3,5-10,17-18H,4,12-13H2,1H3,(H,24,27). The van der Waals surface area contributed by atoms with E-state index >= 15 is 0 Å². The minimum Gasteiger partial charge on any atom is -0.351 e. The molecule has 0 saturated carbocycles. The fourth-order valence-electron chi connectivity index (χ4n) is 3.46. The summed E-state index contributed by atoms with van der Waals surface area (Å²) in [6.45, 7) is 2.00. The molecule has 1 aromatic rings. The van der Waals surface area contributed by atoms with Crippen LogP contribution in [0.1, 0.15) is 40.5 Å². The van der Waals surface area contributed by atoms with E-state index in [1.54, 1.807) is 31.2 Å². The second-order valence-corrected chi connectivity index (χ2v) is 6.70. The number of hydrogen-bond acceptors (Lipinski definition) is 4. The monoisotopic (exact) mass is 360 g/mol. The van der Waals surface area contributed by atoms with Crippen LogP contribution >= 0.6 is 0 Å². The first kappa shape index (κ1) is 18.5. The molecule has 1 N–H and O–H groups in total. The highest BCUT2D eigenvalue weighted by atomic mass is 16.2. The molecule has 5 nitrogen and oxygen atoms in total. The summed E-state index contributed by atoms with van der Waals surface area (Å²) >= 11 is 0. The summed E-state index contributed by atoms with van der Waals surface area (Å²) in [7, 11) is 0. The number of amides is 1. The van der Waals surface area contributed by atoms with Crippen molar-refractivity contribution in [2.75, 3.05) is 6.54 Å². The van der Waals surface area contributed by atoms with E-state index in [4.69, 9.17) is 5.26 Å². The highest BCUT2D eigenvalue weighted by Crippen LogP contribution is 2.36. The van der Waals surface area contributed by atoms with E-state index in [0.29, 0.717) is 28.7 Å². The van der Waals surface area contributed by atoms with Crippen LogP contribution in [0.2, 0.25) is 0 Å². The van der Waals surface area contributed by atoms with E-state index in [1.165, 1.54) is 0 Å². The Kier molecular flexibility index (Phi) is 5.46. The van der Waals surface area contributed by atoms with Crippen LogP contribution in [0.25, 0.3) is 0 Å². The molecule has 0 heterocycles. The largest absolute Gasteiger partial charge is 0.351 e. The number of Topliss-reactive ketones (excluding diaryl/α,β-unsaturated/α-hetero) is 2. The molecule has 2 atom stereocenters. The van der Waals surface area contributed by atoms with Crippen LogP contribution in [0.15, 0.2) is 59.7 Å². The lowest BCUT2D eigenvalue weighted by Crippen LogP contribution is -2.31. The Morgan fingerprint density at radius 1 is 1.15 bits per heavy atom. The Bertz CT molecular complexity index is 914. The number of carbonyl (C=O) groups excluding carboxylic acids is 3. The van der Waals surface area contributed by atoms with Crippen LogP contribution < -0.4 is 5.32 Å². The third-order valence-corrected chi connectivity index (χ3v) is 5.02. The van der Waals surface area contributed by atoms with Gasteiger partial charge in [-0.25, -0.2) is 0 Å². The third kappa shape index (κ3) is 3.80. The predicted octanol–water partition coefficient (Wildman–Crippen LogP) is 3.16. The van der Waals surface area contributed by atoms with E-state index in [-0.39, 0.29) is 42.3 Å². The normalized spacial score (nSPS) is 20.8. The lowest BCUT2D eigenvalue weighted by molar-refractivity contribution is -0.119. The molecule has 2 aliphatic carbocycles. The number of nitriles is 1. The number of benzene rings is 1. The van der Waals surface area contributed by atoms with E-state index in [0.717, 1.165) is 0 Å². The Balaban J connectivity index is 1.78. The van der Waals surface area contributed by atoms with Crippen LogP contribution in [-0.4, -0.2) is 24.0 Å². The first-order valence-corrected chi connectivity index (χ1v) is 8.91. The zero-order valence-corrected chi connectivity index (χ0v) is 15.1. The van der Waals surface area contributed by atoms with Crippen molar-refractivity contribution in [3.8, 4) is 6.07 Å². The summed E-state index contributed by atoms with van der Waals surface area (Å²) in [6, 6.07) is 8.34. The van der Waals surface area contributed by atoms with Gasteiger partial charge < -0.3 is 5.32 Å². The smallest absolute Gasteiger partial charge is 0.251 e. The van der Waals surface area contributed by atoms with Crippen molar-refractivity contribution in [1.82, 2.24) is 5.32 Å². The molecular weight excluding hydrogens is 340 g/mol. The molecule has 0 bridgehead atoms. The molecule has 2 unspecified atom stereocenters. The highest BCUT2D eigenvalue weighted by Gasteiger charge is 2.35. The highest BCUT2D eigenvalue weighted by molar-refractivity contribution is 6.15. The van der Waals surface area contributed by atoms with Crippen molar-refractivity contribution < 1.29 is 14.4 Å². The molecule has 136 valence electrons. The SMILES string of the molecule is CC1=C(C(=O)c2ccc(C(=O)NCCC#N)cc2)CC2C=CC=CC2C1=O. The minimum atomic E-state index is -0.283. The first-order chi connectivity index (χ1) is 13.0. The number of nitrogens with zero attached hydrogens (tertiary/aromatic N) is 1. The molecule has 0 fully saturated rings. The number of fused-ring (bicyclic) bond motifs is 1. The second kappa shape index (κ2) is 7.96. The zero-order valence-electron chi connectivity index (χ0n) is 15.1. The minimum absolute atomic E-state index is 0.00342. The maximum atomic E-state index is 12.9. The lowest BCUT2D eigenvalue weighted by atomic mass is 9.72. The molecule has 0 aromatic heterocycles. The van der Waals surface area contributed by atoms with Crippen molar-refractivity contribution in [2.24, 2.45) is 11.8 Å². The first-order valence-electron chi connectivity index (χ1n) is 8.91. The van der Waals surface area contributed by atoms with E-state index in [9.17, 15) is 14.4 Å². The Morgan fingerprint density at radius 2 is 1.81 bits per heavy atom. The van der Waals surface area contributed by atoms with Gasteiger partial charge in [0.25, 0.3) is 5.91 Å². The van der Waals surface area contributed by atoms with Crippen LogP contribution in [-0.2, 0) is 4.79 Å². The lowest BCUT2D eigenvalue weighted by Gasteiger charge is -2.30. The van der Waals surface area contributed by atoms with Crippen molar-refractivity contribution in [3.05, 3.63) is 70.8 Å². The number of rotatable bonds is 5. The third-order valence-electron chi connectivity index (χ3n) is 5.02. The number of allylic oxidation sites excluding steroid dienone is 6. The van der Waals surface area contributed by atoms with Crippen molar-refractivity contribution in [3.63, 3.8) is 0 Å². The zero-order chi connectivity index (χ0) is 19.4. The second-order valence-electron chi connectivity index (χ2n) is 6.70. The summed E-state index contributed by atoms with van der Waals surface area (Å²) in [5.74, 6) is -0.599. The van der Waals surface area contributed by atoms with Gasteiger partial charge in [0, 0.05) is 29.2 Å². The summed E-state index contributed by atoms with van der Waals surface area (Å²) in [5, 5.41) is 11.1. The van der Waals surface area contributed by atoms with Gasteiger partial charge in [-0.2, -0.15) is 5.26 Å². The van der Waals surface area contributed by atoms with Gasteiger partial charge >= 0.3 is 0 Å². The molecule has 0 saturated heterocycles. The maximum absolute atomic E-state index is 12.9. The Labute approximate surface area is 158 Å². The van der Waals surface area contributed by atoms with Crippen molar-refractivity contribution in [2.45, 2.75) is 19.8 Å². The molecule has 0 radical (unpaired) electrons. The van der Waals surface area contributed by atoms with Crippen LogP contribution in [0.3, 0.4) is 0 Å². The number of ketones is 2. The van der Waals surface area contributed by atoms with Crippen molar-refractivity contribution in [1.29, 1.82) is 5.26 Å². The van der Waals surface area contributed by atoms with Gasteiger partial charge in [-0.3, -0.25) is 14.4 Å². The number of carbonyl (C=O) groups is 3. The maximum Gasteiger partial charge on any atom is 0.251 e. The van der Waals surface area contributed by atoms with E-state index in [2.05, 4.69) is 5.32 Å². The molecule has 5 heteroatoms. The van der Waals surface area contributed by atoms with Crippen LogP contribution in [0.5, 0.6) is 0 Å². The molecule has 0 aliphatic heterocycles. The van der Waals surface area contributed by atoms with Crippen LogP contribution in [0.4, 0.5) is 0 Å². The van der Waals surface area contributed by atoms with Gasteiger partial charge in [-0.1, -0.05) is 36.4 Å². The Hall–Kier alpha value is -3.26. The molecule has 1 amide bonds. The molecule has 3 rings (SSSR count). The quantitative estimate of drug-likeness (QED) is 0.645. The van der Waals surface area contributed by atoms with Gasteiger partial charge in [0.05, 0.1) is 12.5 Å². The predicted molar refractivity (Wildman–Crippen MR) is 101 cm³/mol. The summed E-state index contributed by atoms with van der Waals surface area (Å²) in [5.41, 5.74) is 1.96. The molecule has 27 heavy (non-hydrogen) atoms. The van der Waals surface area contributed by atoms with Gasteiger partial charge in [-0.15, -0.1) is 0 Å². The van der Waals surface area contributed by atoms with Gasteiger partial charge in [0.2, 0.25) is 0 Å². The summed E-state index contributed by atoms with van der Waals surface area (Å²) in [4.78, 5) is 37.5. The van der Waals surface area contributed by atoms with Crippen LogP contribution in [0, 0.1) is 23.2 Å². The van der Waals surface area contributed by atoms with Gasteiger partial charge in [0.1, 0.15) is 0 Å². The molecular formula is C22H20N2O3. The molecule has 1 aromatic carbocycles. The topological polar surface area (TPSA) is 87.0 Å². The average molecular weight is 360 g/mol. The Morgan fingerprint density at radius 3 is 2.52 bits per heavy atom. The van der Waals surface area contributed by atoms with E-state index < -0.39 is 0 Å². The molecule has 2 aliphatic rings. The fraction of sp³-hybridized carbons (Fsp3) is 0.273. The fourth-order valence-corrected chi connectivity index (χ4v) is 3.46.